The molecule has 0 fully saturated rings. The van der Waals surface area contributed by atoms with E-state index in [9.17, 15) is 9.18 Å². The maximum absolute atomic E-state index is 14.6. The highest BCUT2D eigenvalue weighted by molar-refractivity contribution is 7.99. The van der Waals surface area contributed by atoms with E-state index >= 15 is 0 Å². The van der Waals surface area contributed by atoms with Gasteiger partial charge < -0.3 is 9.64 Å². The molecule has 1 amide bonds. The number of aromatic nitrogens is 3. The van der Waals surface area contributed by atoms with Gasteiger partial charge in [-0.2, -0.15) is 0 Å². The lowest BCUT2D eigenvalue weighted by Gasteiger charge is -2.21. The van der Waals surface area contributed by atoms with Crippen molar-refractivity contribution in [3.63, 3.8) is 0 Å². The normalized spacial score (nSPS) is 11.0. The van der Waals surface area contributed by atoms with E-state index in [1.54, 1.807) is 46.1 Å². The highest BCUT2D eigenvalue weighted by atomic mass is 32.2. The van der Waals surface area contributed by atoms with Crippen LogP contribution in [0.3, 0.4) is 0 Å². The van der Waals surface area contributed by atoms with Crippen LogP contribution in [0.15, 0.2) is 71.2 Å². The number of carbonyl (C=O) groups is 1. The van der Waals surface area contributed by atoms with Crippen molar-refractivity contribution in [3.05, 3.63) is 82.3 Å². The SMILES string of the molecule is COCCN(Cc1cccs1)C(=O)CSc1nnc(-c2ccccc2F)n1-c1ccc(C)cc1. The summed E-state index contributed by atoms with van der Waals surface area (Å²) in [5.41, 5.74) is 2.27. The molecule has 4 aromatic rings. The van der Waals surface area contributed by atoms with Crippen LogP contribution in [0, 0.1) is 12.7 Å². The Labute approximate surface area is 206 Å². The van der Waals surface area contributed by atoms with Crippen molar-refractivity contribution in [2.24, 2.45) is 0 Å². The molecule has 2 aromatic carbocycles. The highest BCUT2D eigenvalue weighted by Crippen LogP contribution is 2.30. The van der Waals surface area contributed by atoms with Crippen LogP contribution in [0.2, 0.25) is 0 Å². The van der Waals surface area contributed by atoms with Crippen molar-refractivity contribution in [2.45, 2.75) is 18.6 Å². The van der Waals surface area contributed by atoms with Crippen molar-refractivity contribution >= 4 is 29.0 Å². The number of hydrogen-bond donors (Lipinski definition) is 0. The van der Waals surface area contributed by atoms with E-state index in [-0.39, 0.29) is 17.5 Å². The van der Waals surface area contributed by atoms with Gasteiger partial charge in [0.05, 0.1) is 24.5 Å². The van der Waals surface area contributed by atoms with E-state index in [2.05, 4.69) is 10.2 Å². The van der Waals surface area contributed by atoms with Crippen LogP contribution in [0.25, 0.3) is 17.1 Å². The number of benzene rings is 2. The van der Waals surface area contributed by atoms with E-state index in [1.807, 2.05) is 48.7 Å². The largest absolute Gasteiger partial charge is 0.383 e. The Kier molecular flexibility index (Phi) is 8.10. The van der Waals surface area contributed by atoms with Crippen LogP contribution in [0.1, 0.15) is 10.4 Å². The van der Waals surface area contributed by atoms with Crippen LogP contribution in [-0.4, -0.2) is 51.6 Å². The van der Waals surface area contributed by atoms with Crippen molar-refractivity contribution in [1.29, 1.82) is 0 Å². The van der Waals surface area contributed by atoms with E-state index in [0.717, 1.165) is 16.1 Å². The maximum Gasteiger partial charge on any atom is 0.233 e. The lowest BCUT2D eigenvalue weighted by atomic mass is 10.2. The minimum Gasteiger partial charge on any atom is -0.383 e. The molecule has 2 heterocycles. The van der Waals surface area contributed by atoms with Crippen LogP contribution in [0.5, 0.6) is 0 Å². The lowest BCUT2D eigenvalue weighted by Crippen LogP contribution is -2.34. The number of halogens is 1. The third-order valence-corrected chi connectivity index (χ3v) is 6.98. The Balaban J connectivity index is 1.60. The quantitative estimate of drug-likeness (QED) is 0.282. The molecule has 0 saturated carbocycles. The van der Waals surface area contributed by atoms with Gasteiger partial charge in [-0.15, -0.1) is 21.5 Å². The number of carbonyl (C=O) groups excluding carboxylic acids is 1. The molecule has 34 heavy (non-hydrogen) atoms. The molecule has 0 saturated heterocycles. The fourth-order valence-corrected chi connectivity index (χ4v) is 4.98. The maximum atomic E-state index is 14.6. The molecule has 0 bridgehead atoms. The Morgan fingerprint density at radius 2 is 1.91 bits per heavy atom. The first-order chi connectivity index (χ1) is 16.6. The smallest absolute Gasteiger partial charge is 0.233 e. The number of amides is 1. The van der Waals surface area contributed by atoms with Gasteiger partial charge in [0.1, 0.15) is 5.82 Å². The number of methoxy groups -OCH3 is 1. The molecule has 0 spiro atoms. The van der Waals surface area contributed by atoms with Crippen LogP contribution < -0.4 is 0 Å². The van der Waals surface area contributed by atoms with E-state index < -0.39 is 0 Å². The zero-order valence-corrected chi connectivity index (χ0v) is 20.6. The zero-order chi connectivity index (χ0) is 23.9. The first-order valence-corrected chi connectivity index (χ1v) is 12.6. The molecular weight excluding hydrogens is 471 g/mol. The van der Waals surface area contributed by atoms with Gasteiger partial charge in [0, 0.05) is 24.2 Å². The minimum absolute atomic E-state index is 0.0265. The summed E-state index contributed by atoms with van der Waals surface area (Å²) in [5, 5.41) is 11.1. The second-order valence-corrected chi connectivity index (χ2v) is 9.61. The summed E-state index contributed by atoms with van der Waals surface area (Å²) in [6, 6.07) is 18.3. The monoisotopic (exact) mass is 496 g/mol. The molecule has 0 unspecified atom stereocenters. The molecule has 0 aliphatic rings. The van der Waals surface area contributed by atoms with Crippen molar-refractivity contribution in [3.8, 4) is 17.1 Å². The van der Waals surface area contributed by atoms with Gasteiger partial charge in [-0.3, -0.25) is 9.36 Å². The summed E-state index contributed by atoms with van der Waals surface area (Å²) in [4.78, 5) is 16.0. The summed E-state index contributed by atoms with van der Waals surface area (Å²) in [6.07, 6.45) is 0. The second kappa shape index (κ2) is 11.4. The van der Waals surface area contributed by atoms with Gasteiger partial charge in [0.15, 0.2) is 11.0 Å². The molecule has 176 valence electrons. The predicted octanol–water partition coefficient (Wildman–Crippen LogP) is 5.21. The van der Waals surface area contributed by atoms with Gasteiger partial charge in [0.2, 0.25) is 5.91 Å². The summed E-state index contributed by atoms with van der Waals surface area (Å²) >= 11 is 2.90. The Morgan fingerprint density at radius 3 is 2.62 bits per heavy atom. The van der Waals surface area contributed by atoms with E-state index in [4.69, 9.17) is 4.74 Å². The van der Waals surface area contributed by atoms with Gasteiger partial charge in [-0.1, -0.05) is 47.7 Å². The summed E-state index contributed by atoms with van der Waals surface area (Å²) in [7, 11) is 1.62. The van der Waals surface area contributed by atoms with Crippen molar-refractivity contribution in [2.75, 3.05) is 26.0 Å². The molecule has 0 N–H and O–H groups in total. The predicted molar refractivity (Wildman–Crippen MR) is 134 cm³/mol. The molecule has 9 heteroatoms. The van der Waals surface area contributed by atoms with Gasteiger partial charge in [0.25, 0.3) is 0 Å². The fourth-order valence-electron chi connectivity index (χ4n) is 3.41. The first kappa shape index (κ1) is 24.1. The molecule has 0 radical (unpaired) electrons. The minimum atomic E-state index is -0.377. The average Bonchev–Trinajstić information content (AvgIpc) is 3.51. The van der Waals surface area contributed by atoms with Gasteiger partial charge in [-0.05, 0) is 42.6 Å². The van der Waals surface area contributed by atoms with E-state index in [1.165, 1.54) is 17.8 Å². The molecule has 6 nitrogen and oxygen atoms in total. The molecule has 0 atom stereocenters. The average molecular weight is 497 g/mol. The van der Waals surface area contributed by atoms with Crippen molar-refractivity contribution < 1.29 is 13.9 Å². The summed E-state index contributed by atoms with van der Waals surface area (Å²) in [6.45, 7) is 3.49. The Hall–Kier alpha value is -3.01. The molecule has 4 rings (SSSR count). The topological polar surface area (TPSA) is 60.2 Å². The number of hydrogen-bond acceptors (Lipinski definition) is 6. The fraction of sp³-hybridized carbons (Fsp3) is 0.240. The zero-order valence-electron chi connectivity index (χ0n) is 19.0. The lowest BCUT2D eigenvalue weighted by molar-refractivity contribution is -0.129. The van der Waals surface area contributed by atoms with Crippen LogP contribution in [0.4, 0.5) is 4.39 Å². The Morgan fingerprint density at radius 1 is 1.12 bits per heavy atom. The number of thiophene rings is 1. The van der Waals surface area contributed by atoms with Gasteiger partial charge in [-0.25, -0.2) is 4.39 Å². The molecule has 0 aliphatic carbocycles. The molecule has 2 aromatic heterocycles. The van der Waals surface area contributed by atoms with Crippen molar-refractivity contribution in [1.82, 2.24) is 19.7 Å². The summed E-state index contributed by atoms with van der Waals surface area (Å²) in [5.74, 6) is 0.168. The van der Waals surface area contributed by atoms with Gasteiger partial charge >= 0.3 is 0 Å². The Bertz CT molecular complexity index is 1230. The first-order valence-electron chi connectivity index (χ1n) is 10.8. The number of aryl methyl sites for hydroxylation is 1. The number of thioether (sulfide) groups is 1. The summed E-state index contributed by atoms with van der Waals surface area (Å²) < 4.78 is 21.6. The molecular formula is C25H25FN4O2S2. The second-order valence-electron chi connectivity index (χ2n) is 7.63. The third-order valence-electron chi connectivity index (χ3n) is 5.21. The standard InChI is InChI=1S/C25H25FN4O2S2/c1-18-9-11-19(12-10-18)30-24(21-7-3-4-8-22(21)26)27-28-25(30)34-17-23(31)29(13-14-32-2)16-20-6-5-15-33-20/h3-12,15H,13-14,16-17H2,1-2H3. The highest BCUT2D eigenvalue weighted by Gasteiger charge is 2.21. The number of rotatable bonds is 10. The number of nitrogens with zero attached hydrogens (tertiary/aromatic N) is 4. The van der Waals surface area contributed by atoms with Crippen LogP contribution >= 0.6 is 23.1 Å². The van der Waals surface area contributed by atoms with E-state index in [0.29, 0.717) is 36.2 Å². The van der Waals surface area contributed by atoms with Crippen LogP contribution in [-0.2, 0) is 16.1 Å². The molecule has 0 aliphatic heterocycles. The third kappa shape index (κ3) is 5.72. The number of ether oxygens (including phenoxy) is 1.